The van der Waals surface area contributed by atoms with Gasteiger partial charge in [-0.2, -0.15) is 4.68 Å². The van der Waals surface area contributed by atoms with Crippen LogP contribution in [-0.2, 0) is 9.53 Å². The number of thioether (sulfide) groups is 1. The molecule has 0 radical (unpaired) electrons. The van der Waals surface area contributed by atoms with E-state index in [0.29, 0.717) is 30.0 Å². The van der Waals surface area contributed by atoms with Gasteiger partial charge in [0.1, 0.15) is 6.54 Å². The number of aromatic nitrogens is 4. The van der Waals surface area contributed by atoms with Crippen LogP contribution < -0.4 is 4.90 Å². The Morgan fingerprint density at radius 1 is 0.864 bits per heavy atom. The number of imide groups is 1. The molecule has 0 atom stereocenters. The first-order valence-corrected chi connectivity index (χ1v) is 14.5. The number of anilines is 1. The highest BCUT2D eigenvalue weighted by Gasteiger charge is 2.36. The van der Waals surface area contributed by atoms with Gasteiger partial charge in [-0.1, -0.05) is 36.4 Å². The molecule has 4 amide bonds. The fourth-order valence-corrected chi connectivity index (χ4v) is 5.36. The second-order valence-electron chi connectivity index (χ2n) is 9.42. The molecule has 4 aromatic rings. The van der Waals surface area contributed by atoms with Crippen molar-refractivity contribution < 1.29 is 28.7 Å². The largest absolute Gasteiger partial charge is 0.442 e. The van der Waals surface area contributed by atoms with E-state index in [1.54, 1.807) is 71.6 Å². The van der Waals surface area contributed by atoms with Crippen LogP contribution in [0.1, 0.15) is 44.9 Å². The molecular weight excluding hydrogens is 586 g/mol. The minimum atomic E-state index is -0.847. The lowest BCUT2D eigenvalue weighted by molar-refractivity contribution is -0.144. The van der Waals surface area contributed by atoms with E-state index in [9.17, 15) is 24.0 Å². The molecule has 1 aromatic heterocycles. The van der Waals surface area contributed by atoms with Gasteiger partial charge in [0.25, 0.3) is 23.0 Å². The predicted octanol–water partition coefficient (Wildman–Crippen LogP) is 3.66. The molecule has 0 bridgehead atoms. The number of hydrogen-bond acceptors (Lipinski definition) is 10. The topological polar surface area (TPSA) is 148 Å². The van der Waals surface area contributed by atoms with Gasteiger partial charge in [-0.05, 0) is 66.7 Å². The highest BCUT2D eigenvalue weighted by atomic mass is 32.2. The van der Waals surface area contributed by atoms with Gasteiger partial charge in [0.05, 0.1) is 16.8 Å². The molecule has 1 aliphatic rings. The van der Waals surface area contributed by atoms with Gasteiger partial charge in [-0.3, -0.25) is 28.9 Å². The molecule has 13 nitrogen and oxygen atoms in total. The molecular formula is C30H27N7O6S. The smallest absolute Gasteiger partial charge is 0.327 e. The van der Waals surface area contributed by atoms with Crippen molar-refractivity contribution in [3.63, 3.8) is 0 Å². The molecule has 0 unspecified atom stereocenters. The number of hydrogen-bond donors (Lipinski definition) is 0. The monoisotopic (exact) mass is 613 g/mol. The third-order valence-electron chi connectivity index (χ3n) is 6.81. The Hall–Kier alpha value is -5.37. The van der Waals surface area contributed by atoms with E-state index < -0.39 is 37.0 Å². The minimum Gasteiger partial charge on any atom is -0.442 e. The maximum atomic E-state index is 13.6. The zero-order chi connectivity index (χ0) is 31.2. The van der Waals surface area contributed by atoms with E-state index in [1.807, 2.05) is 13.8 Å². The van der Waals surface area contributed by atoms with Gasteiger partial charge < -0.3 is 9.64 Å². The number of amides is 4. The average Bonchev–Trinajstić information content (AvgIpc) is 3.61. The van der Waals surface area contributed by atoms with Gasteiger partial charge in [0.2, 0.25) is 5.16 Å². The summed E-state index contributed by atoms with van der Waals surface area (Å²) in [4.78, 5) is 68.4. The van der Waals surface area contributed by atoms with Crippen LogP contribution in [0, 0.1) is 0 Å². The maximum Gasteiger partial charge on any atom is 0.327 e. The Kier molecular flexibility index (Phi) is 9.09. The predicted molar refractivity (Wildman–Crippen MR) is 159 cm³/mol. The third kappa shape index (κ3) is 6.20. The van der Waals surface area contributed by atoms with E-state index in [2.05, 4.69) is 15.5 Å². The Labute approximate surface area is 256 Å². The van der Waals surface area contributed by atoms with Crippen LogP contribution in [0.2, 0.25) is 0 Å². The number of esters is 1. The molecule has 0 saturated heterocycles. The molecule has 1 aliphatic heterocycles. The quantitative estimate of drug-likeness (QED) is 0.147. The van der Waals surface area contributed by atoms with Gasteiger partial charge >= 0.3 is 5.97 Å². The molecule has 3 aromatic carbocycles. The fraction of sp³-hybridized carbons (Fsp3) is 0.200. The lowest BCUT2D eigenvalue weighted by atomic mass is 10.1. The number of benzene rings is 3. The molecule has 0 spiro atoms. The van der Waals surface area contributed by atoms with E-state index in [0.717, 1.165) is 16.7 Å². The van der Waals surface area contributed by atoms with Crippen molar-refractivity contribution in [3.05, 3.63) is 95.6 Å². The number of carbonyl (C=O) groups is 5. The first kappa shape index (κ1) is 30.1. The first-order valence-electron chi connectivity index (χ1n) is 13.7. The number of ether oxygens (including phenoxy) is 1. The van der Waals surface area contributed by atoms with E-state index in [-0.39, 0.29) is 21.5 Å². The lowest BCUT2D eigenvalue weighted by Gasteiger charge is -2.23. The van der Waals surface area contributed by atoms with Crippen LogP contribution in [0.5, 0.6) is 0 Å². The number of tetrazole rings is 1. The van der Waals surface area contributed by atoms with Gasteiger partial charge in [0, 0.05) is 36.1 Å². The zero-order valence-corrected chi connectivity index (χ0v) is 24.6. The number of carbonyl (C=O) groups excluding carboxylic acids is 5. The van der Waals surface area contributed by atoms with Crippen LogP contribution in [0.15, 0.2) is 84.0 Å². The summed E-state index contributed by atoms with van der Waals surface area (Å²) in [5.41, 5.74) is 1.52. The molecule has 2 heterocycles. The zero-order valence-electron chi connectivity index (χ0n) is 23.8. The Morgan fingerprint density at radius 3 is 2.18 bits per heavy atom. The van der Waals surface area contributed by atoms with Crippen molar-refractivity contribution in [2.24, 2.45) is 0 Å². The second-order valence-corrected chi connectivity index (χ2v) is 10.3. The van der Waals surface area contributed by atoms with Gasteiger partial charge in [-0.25, -0.2) is 4.90 Å². The van der Waals surface area contributed by atoms with Crippen molar-refractivity contribution in [2.45, 2.75) is 19.0 Å². The van der Waals surface area contributed by atoms with E-state index in [1.165, 1.54) is 21.7 Å². The summed E-state index contributed by atoms with van der Waals surface area (Å²) in [5.74, 6) is -2.49. The molecule has 0 fully saturated rings. The van der Waals surface area contributed by atoms with Crippen LogP contribution in [0.3, 0.4) is 0 Å². The first-order chi connectivity index (χ1) is 21.3. The maximum absolute atomic E-state index is 13.6. The van der Waals surface area contributed by atoms with Crippen LogP contribution in [-0.4, -0.2) is 85.3 Å². The van der Waals surface area contributed by atoms with Crippen molar-refractivity contribution in [1.29, 1.82) is 0 Å². The van der Waals surface area contributed by atoms with Crippen molar-refractivity contribution in [3.8, 4) is 5.69 Å². The summed E-state index contributed by atoms with van der Waals surface area (Å²) in [5, 5.41) is 11.7. The fourth-order valence-electron chi connectivity index (χ4n) is 4.51. The van der Waals surface area contributed by atoms with Gasteiger partial charge in [-0.15, -0.1) is 5.10 Å². The number of nitrogens with zero attached hydrogens (tertiary/aromatic N) is 7. The Morgan fingerprint density at radius 2 is 1.52 bits per heavy atom. The Balaban J connectivity index is 1.38. The number of fused-ring (bicyclic) bond motifs is 1. The van der Waals surface area contributed by atoms with Crippen LogP contribution in [0.4, 0.5) is 10.5 Å². The highest BCUT2D eigenvalue weighted by molar-refractivity contribution is 8.13. The normalized spacial score (nSPS) is 12.2. The van der Waals surface area contributed by atoms with Crippen LogP contribution >= 0.6 is 11.8 Å². The average molecular weight is 614 g/mol. The molecule has 0 saturated carbocycles. The van der Waals surface area contributed by atoms with Crippen molar-refractivity contribution >= 4 is 46.4 Å². The summed E-state index contributed by atoms with van der Waals surface area (Å²) < 4.78 is 6.68. The molecule has 5 rings (SSSR count). The summed E-state index contributed by atoms with van der Waals surface area (Å²) in [6.07, 6.45) is 0. The van der Waals surface area contributed by atoms with Crippen molar-refractivity contribution in [1.82, 2.24) is 30.0 Å². The summed E-state index contributed by atoms with van der Waals surface area (Å²) in [7, 11) is 0. The molecule has 44 heavy (non-hydrogen) atoms. The minimum absolute atomic E-state index is 0.219. The second kappa shape index (κ2) is 13.3. The molecule has 0 aliphatic carbocycles. The molecule has 224 valence electrons. The lowest BCUT2D eigenvalue weighted by Crippen LogP contribution is -2.39. The summed E-state index contributed by atoms with van der Waals surface area (Å²) >= 11 is 0.871. The Bertz CT molecular complexity index is 1690. The summed E-state index contributed by atoms with van der Waals surface area (Å²) in [6, 6.07) is 21.3. The molecule has 14 heteroatoms. The number of rotatable bonds is 10. The van der Waals surface area contributed by atoms with Gasteiger partial charge in [0.15, 0.2) is 6.73 Å². The van der Waals surface area contributed by atoms with E-state index in [4.69, 9.17) is 4.74 Å². The third-order valence-corrected chi connectivity index (χ3v) is 7.68. The summed E-state index contributed by atoms with van der Waals surface area (Å²) in [6.45, 7) is 3.66. The highest BCUT2D eigenvalue weighted by Crippen LogP contribution is 2.26. The standard InChI is InChI=1S/C30H27N7O6S/c1-3-34(4-2)30(42)44-29-31-32-33-37(29)22-14-10-13-21(17-22)35(26(39)20-11-6-5-7-12-20)18-25(38)43-19-36-27(40)23-15-8-9-16-24(23)28(36)41/h5-17H,3-4,18-19H2,1-2H3. The molecule has 0 N–H and O–H groups in total. The SMILES string of the molecule is CCN(CC)C(=O)Sc1nnnn1-c1cccc(N(CC(=O)OCN2C(=O)c3ccccc3C2=O)C(=O)c2ccccc2)c1. The van der Waals surface area contributed by atoms with E-state index >= 15 is 0 Å². The van der Waals surface area contributed by atoms with Crippen molar-refractivity contribution in [2.75, 3.05) is 31.3 Å². The van der Waals surface area contributed by atoms with Crippen LogP contribution in [0.25, 0.3) is 5.69 Å².